The molecule has 114 valence electrons. The molecule has 1 N–H and O–H groups in total. The van der Waals surface area contributed by atoms with E-state index in [1.165, 1.54) is 19.5 Å². The van der Waals surface area contributed by atoms with Crippen molar-refractivity contribution >= 4 is 0 Å². The highest BCUT2D eigenvalue weighted by Gasteiger charge is 2.20. The molecule has 0 aromatic carbocycles. The monoisotopic (exact) mass is 271 g/mol. The number of ether oxygens (including phenoxy) is 1. The van der Waals surface area contributed by atoms with Gasteiger partial charge in [0.05, 0.1) is 12.7 Å². The number of morpholine rings is 1. The van der Waals surface area contributed by atoms with Gasteiger partial charge in [0.2, 0.25) is 0 Å². The molecular formula is C15H33N3O. The lowest BCUT2D eigenvalue weighted by Gasteiger charge is -2.34. The summed E-state index contributed by atoms with van der Waals surface area (Å²) in [6.07, 6.45) is 1.61. The summed E-state index contributed by atoms with van der Waals surface area (Å²) >= 11 is 0. The predicted molar refractivity (Wildman–Crippen MR) is 81.7 cm³/mol. The summed E-state index contributed by atoms with van der Waals surface area (Å²) < 4.78 is 5.81. The van der Waals surface area contributed by atoms with E-state index in [2.05, 4.69) is 49.9 Å². The molecule has 0 aromatic rings. The first kappa shape index (κ1) is 16.9. The summed E-state index contributed by atoms with van der Waals surface area (Å²) in [5.41, 5.74) is 0. The molecule has 0 bridgehead atoms. The van der Waals surface area contributed by atoms with E-state index in [-0.39, 0.29) is 0 Å². The summed E-state index contributed by atoms with van der Waals surface area (Å²) in [5.74, 6) is 0. The molecule has 0 unspecified atom stereocenters. The van der Waals surface area contributed by atoms with E-state index in [1.807, 2.05) is 0 Å². The van der Waals surface area contributed by atoms with E-state index in [0.29, 0.717) is 18.2 Å². The Kier molecular flexibility index (Phi) is 7.91. The van der Waals surface area contributed by atoms with Crippen LogP contribution in [0.25, 0.3) is 0 Å². The van der Waals surface area contributed by atoms with Gasteiger partial charge in [-0.1, -0.05) is 13.8 Å². The molecule has 1 heterocycles. The van der Waals surface area contributed by atoms with Gasteiger partial charge in [0.1, 0.15) is 0 Å². The molecule has 1 saturated heterocycles. The minimum absolute atomic E-state index is 0.360. The summed E-state index contributed by atoms with van der Waals surface area (Å²) in [6, 6.07) is 1.19. The number of rotatable bonds is 8. The molecule has 0 aliphatic carbocycles. The maximum Gasteiger partial charge on any atom is 0.0826 e. The Morgan fingerprint density at radius 2 is 2.05 bits per heavy atom. The van der Waals surface area contributed by atoms with Crippen LogP contribution in [-0.2, 0) is 4.74 Å². The quantitative estimate of drug-likeness (QED) is 0.722. The predicted octanol–water partition coefficient (Wildman–Crippen LogP) is 1.42. The maximum absolute atomic E-state index is 5.81. The zero-order valence-electron chi connectivity index (χ0n) is 13.5. The highest BCUT2D eigenvalue weighted by atomic mass is 16.5. The first-order valence-electron chi connectivity index (χ1n) is 7.76. The van der Waals surface area contributed by atoms with Gasteiger partial charge >= 0.3 is 0 Å². The van der Waals surface area contributed by atoms with Gasteiger partial charge in [0.25, 0.3) is 0 Å². The number of hydrogen-bond acceptors (Lipinski definition) is 4. The molecule has 1 fully saturated rings. The third kappa shape index (κ3) is 7.25. The van der Waals surface area contributed by atoms with Crippen molar-refractivity contribution < 1.29 is 4.74 Å². The van der Waals surface area contributed by atoms with Crippen LogP contribution in [0.2, 0.25) is 0 Å². The van der Waals surface area contributed by atoms with Crippen LogP contribution in [-0.4, -0.2) is 74.4 Å². The van der Waals surface area contributed by atoms with Crippen LogP contribution in [0.4, 0.5) is 0 Å². The van der Waals surface area contributed by atoms with Crippen molar-refractivity contribution in [1.29, 1.82) is 0 Å². The second kappa shape index (κ2) is 8.90. The smallest absolute Gasteiger partial charge is 0.0826 e. The van der Waals surface area contributed by atoms with Crippen LogP contribution in [0.15, 0.2) is 0 Å². The molecule has 0 aromatic heterocycles. The summed E-state index contributed by atoms with van der Waals surface area (Å²) in [7, 11) is 2.21. The fourth-order valence-corrected chi connectivity index (χ4v) is 2.28. The molecule has 1 aliphatic rings. The van der Waals surface area contributed by atoms with Crippen LogP contribution in [0, 0.1) is 0 Å². The van der Waals surface area contributed by atoms with E-state index >= 15 is 0 Å². The van der Waals surface area contributed by atoms with Crippen LogP contribution in [0.1, 0.15) is 34.1 Å². The van der Waals surface area contributed by atoms with Gasteiger partial charge in [0.15, 0.2) is 0 Å². The normalized spacial score (nSPS) is 21.8. The Bertz CT molecular complexity index is 233. The van der Waals surface area contributed by atoms with Crippen molar-refractivity contribution in [3.63, 3.8) is 0 Å². The summed E-state index contributed by atoms with van der Waals surface area (Å²) in [6.45, 7) is 15.3. The third-order valence-electron chi connectivity index (χ3n) is 3.84. The average molecular weight is 271 g/mol. The maximum atomic E-state index is 5.81. The van der Waals surface area contributed by atoms with Gasteiger partial charge < -0.3 is 15.0 Å². The van der Waals surface area contributed by atoms with Crippen molar-refractivity contribution in [2.45, 2.75) is 52.3 Å². The summed E-state index contributed by atoms with van der Waals surface area (Å²) in [5, 5.41) is 3.47. The van der Waals surface area contributed by atoms with Crippen molar-refractivity contribution in [1.82, 2.24) is 15.1 Å². The number of hydrogen-bond donors (Lipinski definition) is 1. The molecule has 0 amide bonds. The highest BCUT2D eigenvalue weighted by molar-refractivity contribution is 4.74. The lowest BCUT2D eigenvalue weighted by molar-refractivity contribution is -0.0285. The second-order valence-electron chi connectivity index (χ2n) is 6.28. The molecule has 0 saturated carbocycles. The van der Waals surface area contributed by atoms with Gasteiger partial charge in [-0.15, -0.1) is 0 Å². The fourth-order valence-electron chi connectivity index (χ4n) is 2.28. The van der Waals surface area contributed by atoms with Crippen molar-refractivity contribution in [2.24, 2.45) is 0 Å². The topological polar surface area (TPSA) is 27.7 Å². The Morgan fingerprint density at radius 3 is 2.68 bits per heavy atom. The zero-order chi connectivity index (χ0) is 14.3. The first-order chi connectivity index (χ1) is 8.99. The molecule has 0 radical (unpaired) electrons. The Hall–Kier alpha value is -0.160. The Morgan fingerprint density at radius 1 is 1.32 bits per heavy atom. The van der Waals surface area contributed by atoms with Crippen LogP contribution in [0.5, 0.6) is 0 Å². The highest BCUT2D eigenvalue weighted by Crippen LogP contribution is 2.06. The Labute approximate surface area is 119 Å². The largest absolute Gasteiger partial charge is 0.374 e. The van der Waals surface area contributed by atoms with E-state index < -0.39 is 0 Å². The minimum Gasteiger partial charge on any atom is -0.374 e. The Balaban J connectivity index is 2.16. The zero-order valence-corrected chi connectivity index (χ0v) is 13.5. The standard InChI is InChI=1S/C15H33N3O/c1-13(2)16-11-15-12-18(9-10-19-15)8-6-7-17(5)14(3)4/h13-16H,6-12H2,1-5H3/t15-/m1/s1. The number of nitrogens with one attached hydrogen (secondary N) is 1. The lowest BCUT2D eigenvalue weighted by Crippen LogP contribution is -2.48. The molecule has 1 rings (SSSR count). The number of nitrogens with zero attached hydrogens (tertiary/aromatic N) is 2. The van der Waals surface area contributed by atoms with E-state index in [9.17, 15) is 0 Å². The van der Waals surface area contributed by atoms with Gasteiger partial charge in [-0.3, -0.25) is 4.90 Å². The van der Waals surface area contributed by atoms with Crippen LogP contribution in [0.3, 0.4) is 0 Å². The van der Waals surface area contributed by atoms with Gasteiger partial charge in [0, 0.05) is 31.7 Å². The second-order valence-corrected chi connectivity index (χ2v) is 6.28. The van der Waals surface area contributed by atoms with Gasteiger partial charge in [-0.2, -0.15) is 0 Å². The molecule has 1 aliphatic heterocycles. The van der Waals surface area contributed by atoms with Crippen LogP contribution >= 0.6 is 0 Å². The minimum atomic E-state index is 0.360. The van der Waals surface area contributed by atoms with E-state index in [1.54, 1.807) is 0 Å². The SMILES string of the molecule is CC(C)NC[C@@H]1CN(CCCN(C)C(C)C)CCO1. The fraction of sp³-hybridized carbons (Fsp3) is 1.00. The van der Waals surface area contributed by atoms with Crippen LogP contribution < -0.4 is 5.32 Å². The van der Waals surface area contributed by atoms with E-state index in [4.69, 9.17) is 4.74 Å². The van der Waals surface area contributed by atoms with Crippen molar-refractivity contribution in [3.05, 3.63) is 0 Å². The van der Waals surface area contributed by atoms with Crippen molar-refractivity contribution in [3.8, 4) is 0 Å². The molecule has 19 heavy (non-hydrogen) atoms. The molecule has 4 nitrogen and oxygen atoms in total. The molecule has 1 atom stereocenters. The van der Waals surface area contributed by atoms with Gasteiger partial charge in [-0.05, 0) is 40.4 Å². The summed E-state index contributed by atoms with van der Waals surface area (Å²) in [4.78, 5) is 4.96. The van der Waals surface area contributed by atoms with Gasteiger partial charge in [-0.25, -0.2) is 0 Å². The van der Waals surface area contributed by atoms with E-state index in [0.717, 1.165) is 26.2 Å². The molecule has 4 heteroatoms. The first-order valence-corrected chi connectivity index (χ1v) is 7.76. The lowest BCUT2D eigenvalue weighted by atomic mass is 10.2. The third-order valence-corrected chi connectivity index (χ3v) is 3.84. The molecule has 0 spiro atoms. The molecular weight excluding hydrogens is 238 g/mol. The average Bonchev–Trinajstić information content (AvgIpc) is 2.36. The van der Waals surface area contributed by atoms with Crippen molar-refractivity contribution in [2.75, 3.05) is 46.4 Å².